The molecule has 0 aliphatic carbocycles. The number of para-hydroxylation sites is 1. The standard InChI is InChI=1S/C20H18N4O3S/c1-12-9-13(2)24(23-12)20-22-15(11-28-20)7-8-21-18(25)16-10-14-5-3-4-6-17(14)27-19(16)26/h3-6,9-11H,7-8H2,1-2H3,(H,21,25). The molecule has 3 heterocycles. The Kier molecular flexibility index (Phi) is 4.79. The van der Waals surface area contributed by atoms with Crippen LogP contribution in [0.4, 0.5) is 0 Å². The maximum atomic E-state index is 12.4. The molecule has 3 aromatic heterocycles. The van der Waals surface area contributed by atoms with Crippen molar-refractivity contribution in [1.82, 2.24) is 20.1 Å². The lowest BCUT2D eigenvalue weighted by Gasteiger charge is -2.04. The zero-order valence-corrected chi connectivity index (χ0v) is 16.2. The first kappa shape index (κ1) is 18.1. The Hall–Kier alpha value is -3.26. The van der Waals surface area contributed by atoms with E-state index in [0.29, 0.717) is 23.9 Å². The number of rotatable bonds is 5. The zero-order chi connectivity index (χ0) is 19.7. The Morgan fingerprint density at radius 2 is 2.07 bits per heavy atom. The Labute approximate surface area is 164 Å². The summed E-state index contributed by atoms with van der Waals surface area (Å²) in [6.45, 7) is 4.29. The number of thiazole rings is 1. The van der Waals surface area contributed by atoms with Gasteiger partial charge in [0.2, 0.25) is 5.13 Å². The van der Waals surface area contributed by atoms with Gasteiger partial charge in [0.15, 0.2) is 0 Å². The maximum absolute atomic E-state index is 12.4. The molecule has 7 nitrogen and oxygen atoms in total. The van der Waals surface area contributed by atoms with E-state index in [2.05, 4.69) is 15.4 Å². The fourth-order valence-corrected chi connectivity index (χ4v) is 3.82. The van der Waals surface area contributed by atoms with E-state index in [1.165, 1.54) is 11.3 Å². The van der Waals surface area contributed by atoms with Gasteiger partial charge in [0.1, 0.15) is 11.1 Å². The fourth-order valence-electron chi connectivity index (χ4n) is 2.95. The minimum Gasteiger partial charge on any atom is -0.422 e. The van der Waals surface area contributed by atoms with Crippen molar-refractivity contribution in [2.75, 3.05) is 6.54 Å². The maximum Gasteiger partial charge on any atom is 0.349 e. The lowest BCUT2D eigenvalue weighted by molar-refractivity contribution is 0.0950. The van der Waals surface area contributed by atoms with Gasteiger partial charge in [0.25, 0.3) is 5.91 Å². The summed E-state index contributed by atoms with van der Waals surface area (Å²) in [5.41, 5.74) is 2.64. The molecule has 4 aromatic rings. The molecule has 0 bridgehead atoms. The first-order valence-electron chi connectivity index (χ1n) is 8.80. The number of carbonyl (C=O) groups excluding carboxylic acids is 1. The Balaban J connectivity index is 1.42. The molecule has 142 valence electrons. The monoisotopic (exact) mass is 394 g/mol. The van der Waals surface area contributed by atoms with Crippen LogP contribution in [0.2, 0.25) is 0 Å². The number of aromatic nitrogens is 3. The van der Waals surface area contributed by atoms with Crippen molar-refractivity contribution in [3.63, 3.8) is 0 Å². The van der Waals surface area contributed by atoms with Crippen molar-refractivity contribution in [3.05, 3.63) is 74.8 Å². The number of nitrogens with one attached hydrogen (secondary N) is 1. The highest BCUT2D eigenvalue weighted by molar-refractivity contribution is 7.12. The van der Waals surface area contributed by atoms with Gasteiger partial charge >= 0.3 is 5.63 Å². The first-order valence-corrected chi connectivity index (χ1v) is 9.68. The second kappa shape index (κ2) is 7.40. The molecule has 0 spiro atoms. The van der Waals surface area contributed by atoms with Crippen molar-refractivity contribution in [3.8, 4) is 5.13 Å². The molecule has 0 radical (unpaired) electrons. The SMILES string of the molecule is Cc1cc(C)n(-c2nc(CCNC(=O)c3cc4ccccc4oc3=O)cs2)n1. The number of hydrogen-bond donors (Lipinski definition) is 1. The number of hydrogen-bond acceptors (Lipinski definition) is 6. The predicted octanol–water partition coefficient (Wildman–Crippen LogP) is 3.02. The molecule has 0 saturated heterocycles. The summed E-state index contributed by atoms with van der Waals surface area (Å²) in [5.74, 6) is -0.450. The summed E-state index contributed by atoms with van der Waals surface area (Å²) in [6.07, 6.45) is 0.556. The van der Waals surface area contributed by atoms with Crippen LogP contribution in [0.15, 0.2) is 51.0 Å². The van der Waals surface area contributed by atoms with E-state index in [-0.39, 0.29) is 5.56 Å². The molecular weight excluding hydrogens is 376 g/mol. The molecule has 0 aliphatic heterocycles. The topological polar surface area (TPSA) is 90.0 Å². The van der Waals surface area contributed by atoms with Crippen LogP contribution in [0, 0.1) is 13.8 Å². The lowest BCUT2D eigenvalue weighted by Crippen LogP contribution is -2.29. The minimum absolute atomic E-state index is 0.000285. The quantitative estimate of drug-likeness (QED) is 0.526. The van der Waals surface area contributed by atoms with Crippen molar-refractivity contribution in [1.29, 1.82) is 0 Å². The van der Waals surface area contributed by atoms with E-state index >= 15 is 0 Å². The van der Waals surface area contributed by atoms with Crippen LogP contribution in [-0.2, 0) is 6.42 Å². The molecule has 0 saturated carbocycles. The van der Waals surface area contributed by atoms with Gasteiger partial charge in [-0.3, -0.25) is 4.79 Å². The summed E-state index contributed by atoms with van der Waals surface area (Å²) >= 11 is 1.50. The van der Waals surface area contributed by atoms with Crippen molar-refractivity contribution in [2.24, 2.45) is 0 Å². The highest BCUT2D eigenvalue weighted by atomic mass is 32.1. The first-order chi connectivity index (χ1) is 13.5. The highest BCUT2D eigenvalue weighted by Crippen LogP contribution is 2.17. The van der Waals surface area contributed by atoms with E-state index < -0.39 is 11.5 Å². The van der Waals surface area contributed by atoms with Gasteiger partial charge in [0, 0.05) is 29.4 Å². The van der Waals surface area contributed by atoms with Crippen LogP contribution < -0.4 is 10.9 Å². The molecule has 0 unspecified atom stereocenters. The summed E-state index contributed by atoms with van der Waals surface area (Å²) < 4.78 is 7.02. The zero-order valence-electron chi connectivity index (χ0n) is 15.4. The van der Waals surface area contributed by atoms with Gasteiger partial charge in [-0.1, -0.05) is 18.2 Å². The van der Waals surface area contributed by atoms with Crippen LogP contribution in [0.25, 0.3) is 16.1 Å². The average molecular weight is 394 g/mol. The number of benzene rings is 1. The van der Waals surface area contributed by atoms with Crippen LogP contribution in [0.1, 0.15) is 27.4 Å². The molecule has 0 aliphatic rings. The summed E-state index contributed by atoms with van der Waals surface area (Å²) in [6, 6.07) is 10.6. The lowest BCUT2D eigenvalue weighted by atomic mass is 10.2. The molecule has 1 amide bonds. The van der Waals surface area contributed by atoms with E-state index in [0.717, 1.165) is 22.2 Å². The number of aryl methyl sites for hydroxylation is 2. The predicted molar refractivity (Wildman–Crippen MR) is 107 cm³/mol. The van der Waals surface area contributed by atoms with E-state index in [9.17, 15) is 9.59 Å². The molecule has 4 rings (SSSR count). The van der Waals surface area contributed by atoms with E-state index in [4.69, 9.17) is 4.42 Å². The van der Waals surface area contributed by atoms with Crippen molar-refractivity contribution >= 4 is 28.2 Å². The van der Waals surface area contributed by atoms with Gasteiger partial charge in [0.05, 0.1) is 11.4 Å². The number of amides is 1. The second-order valence-electron chi connectivity index (χ2n) is 6.45. The van der Waals surface area contributed by atoms with Gasteiger partial charge in [-0.15, -0.1) is 11.3 Å². The number of carbonyl (C=O) groups is 1. The second-order valence-corrected chi connectivity index (χ2v) is 7.29. The molecule has 28 heavy (non-hydrogen) atoms. The molecule has 0 fully saturated rings. The van der Waals surface area contributed by atoms with Crippen molar-refractivity contribution < 1.29 is 9.21 Å². The third-order valence-corrected chi connectivity index (χ3v) is 5.15. The number of fused-ring (bicyclic) bond motifs is 1. The summed E-state index contributed by atoms with van der Waals surface area (Å²) in [4.78, 5) is 29.0. The van der Waals surface area contributed by atoms with E-state index in [1.807, 2.05) is 36.0 Å². The van der Waals surface area contributed by atoms with Crippen LogP contribution in [-0.4, -0.2) is 27.2 Å². The molecule has 8 heteroatoms. The van der Waals surface area contributed by atoms with Crippen LogP contribution in [0.3, 0.4) is 0 Å². The molecule has 1 N–H and O–H groups in total. The van der Waals surface area contributed by atoms with Gasteiger partial charge in [-0.05, 0) is 32.0 Å². The van der Waals surface area contributed by atoms with Gasteiger partial charge < -0.3 is 9.73 Å². The Bertz CT molecular complexity index is 1220. The number of nitrogens with zero attached hydrogens (tertiary/aromatic N) is 3. The van der Waals surface area contributed by atoms with E-state index in [1.54, 1.807) is 24.3 Å². The molecule has 0 atom stereocenters. The average Bonchev–Trinajstić information content (AvgIpc) is 3.26. The van der Waals surface area contributed by atoms with Crippen molar-refractivity contribution in [2.45, 2.75) is 20.3 Å². The van der Waals surface area contributed by atoms with Crippen LogP contribution in [0.5, 0.6) is 0 Å². The minimum atomic E-state index is -0.642. The summed E-state index contributed by atoms with van der Waals surface area (Å²) in [5, 5.41) is 10.6. The third kappa shape index (κ3) is 3.59. The molecular formula is C20H18N4O3S. The normalized spacial score (nSPS) is 11.1. The molecule has 1 aromatic carbocycles. The van der Waals surface area contributed by atoms with Gasteiger partial charge in [-0.2, -0.15) is 5.10 Å². The smallest absolute Gasteiger partial charge is 0.349 e. The van der Waals surface area contributed by atoms with Crippen LogP contribution >= 0.6 is 11.3 Å². The summed E-state index contributed by atoms with van der Waals surface area (Å²) in [7, 11) is 0. The Morgan fingerprint density at radius 3 is 2.86 bits per heavy atom. The van der Waals surface area contributed by atoms with Gasteiger partial charge in [-0.25, -0.2) is 14.5 Å². The highest BCUT2D eigenvalue weighted by Gasteiger charge is 2.14. The largest absolute Gasteiger partial charge is 0.422 e. The third-order valence-electron chi connectivity index (χ3n) is 4.28. The fraction of sp³-hybridized carbons (Fsp3) is 0.200. The Morgan fingerprint density at radius 1 is 1.25 bits per heavy atom.